The van der Waals surface area contributed by atoms with E-state index in [0.29, 0.717) is 5.95 Å². The number of aryl methyl sites for hydroxylation is 3. The van der Waals surface area contributed by atoms with Gasteiger partial charge in [-0.1, -0.05) is 13.8 Å². The zero-order chi connectivity index (χ0) is 14.3. The molecule has 0 amide bonds. The topological polar surface area (TPSA) is 61.7 Å². The first-order valence-electron chi connectivity index (χ1n) is 6.88. The average molecular weight is 289 g/mol. The number of hydrogen-bond acceptors (Lipinski definition) is 4. The van der Waals surface area contributed by atoms with Crippen molar-refractivity contribution in [3.63, 3.8) is 0 Å². The molecule has 0 saturated carbocycles. The zero-order valence-electron chi connectivity index (χ0n) is 12.1. The molecule has 20 heavy (non-hydrogen) atoms. The van der Waals surface area contributed by atoms with Gasteiger partial charge in [-0.15, -0.1) is 11.3 Å². The molecule has 5 nitrogen and oxygen atoms in total. The van der Waals surface area contributed by atoms with Gasteiger partial charge in [0.2, 0.25) is 5.95 Å². The maximum atomic E-state index is 6.11. The molecule has 3 rings (SSSR count). The molecule has 6 heteroatoms. The number of aromatic nitrogens is 4. The van der Waals surface area contributed by atoms with Crippen LogP contribution < -0.4 is 5.73 Å². The number of anilines is 1. The van der Waals surface area contributed by atoms with Gasteiger partial charge in [0.1, 0.15) is 5.52 Å². The van der Waals surface area contributed by atoms with Crippen LogP contribution in [0.25, 0.3) is 11.2 Å². The predicted molar refractivity (Wildman–Crippen MR) is 83.1 cm³/mol. The van der Waals surface area contributed by atoms with Gasteiger partial charge in [0.25, 0.3) is 0 Å². The molecular formula is C14H19N5S. The van der Waals surface area contributed by atoms with E-state index in [0.717, 1.165) is 36.2 Å². The zero-order valence-corrected chi connectivity index (χ0v) is 12.9. The molecule has 0 aliphatic heterocycles. The molecule has 0 atom stereocenters. The van der Waals surface area contributed by atoms with Crippen molar-refractivity contribution in [3.8, 4) is 0 Å². The summed E-state index contributed by atoms with van der Waals surface area (Å²) >= 11 is 1.77. The lowest BCUT2D eigenvalue weighted by Gasteiger charge is -2.07. The van der Waals surface area contributed by atoms with Crippen LogP contribution in [0.4, 0.5) is 5.95 Å². The molecule has 0 aliphatic rings. The highest BCUT2D eigenvalue weighted by molar-refractivity contribution is 7.10. The normalized spacial score (nSPS) is 11.6. The number of nitrogens with zero attached hydrogens (tertiary/aromatic N) is 4. The van der Waals surface area contributed by atoms with Crippen molar-refractivity contribution in [2.75, 3.05) is 5.73 Å². The molecule has 0 radical (unpaired) electrons. The van der Waals surface area contributed by atoms with Gasteiger partial charge in [-0.2, -0.15) is 5.10 Å². The Hall–Kier alpha value is -1.82. The highest BCUT2D eigenvalue weighted by Crippen LogP contribution is 2.25. The van der Waals surface area contributed by atoms with Crippen LogP contribution in [-0.4, -0.2) is 19.3 Å². The van der Waals surface area contributed by atoms with E-state index in [1.54, 1.807) is 11.3 Å². The fourth-order valence-corrected chi connectivity index (χ4v) is 3.58. The molecular weight excluding hydrogens is 270 g/mol. The molecule has 0 aliphatic carbocycles. The third-order valence-corrected chi connectivity index (χ3v) is 4.62. The fraction of sp³-hybridized carbons (Fsp3) is 0.429. The van der Waals surface area contributed by atoms with Gasteiger partial charge in [-0.3, -0.25) is 9.25 Å². The van der Waals surface area contributed by atoms with Gasteiger partial charge in [-0.05, 0) is 29.9 Å². The smallest absolute Gasteiger partial charge is 0.202 e. The van der Waals surface area contributed by atoms with E-state index in [9.17, 15) is 0 Å². The Morgan fingerprint density at radius 1 is 1.30 bits per heavy atom. The average Bonchev–Trinajstić information content (AvgIpc) is 3.08. The van der Waals surface area contributed by atoms with Crippen molar-refractivity contribution in [2.45, 2.75) is 33.2 Å². The minimum atomic E-state index is 0.568. The molecule has 0 bridgehead atoms. The molecule has 0 spiro atoms. The first-order chi connectivity index (χ1) is 9.65. The van der Waals surface area contributed by atoms with E-state index >= 15 is 0 Å². The van der Waals surface area contributed by atoms with Gasteiger partial charge in [0.15, 0.2) is 5.65 Å². The molecule has 3 heterocycles. The lowest BCUT2D eigenvalue weighted by molar-refractivity contribution is 0.720. The first-order valence-corrected chi connectivity index (χ1v) is 7.76. The molecule has 3 aromatic rings. The van der Waals surface area contributed by atoms with E-state index in [4.69, 9.17) is 5.73 Å². The third kappa shape index (κ3) is 1.91. The van der Waals surface area contributed by atoms with Crippen LogP contribution in [0.1, 0.15) is 30.0 Å². The summed E-state index contributed by atoms with van der Waals surface area (Å²) in [5.74, 6) is 0.568. The summed E-state index contributed by atoms with van der Waals surface area (Å²) in [5.41, 5.74) is 10.4. The largest absolute Gasteiger partial charge is 0.369 e. The van der Waals surface area contributed by atoms with Gasteiger partial charge in [0.05, 0.1) is 12.2 Å². The number of nitrogens with two attached hydrogens (primary N) is 1. The summed E-state index contributed by atoms with van der Waals surface area (Å²) in [5, 5.41) is 6.66. The summed E-state index contributed by atoms with van der Waals surface area (Å²) < 4.78 is 3.95. The Morgan fingerprint density at radius 2 is 2.10 bits per heavy atom. The third-order valence-electron chi connectivity index (χ3n) is 3.68. The second-order valence-corrected chi connectivity index (χ2v) is 5.88. The Bertz CT molecular complexity index is 749. The summed E-state index contributed by atoms with van der Waals surface area (Å²) in [6.07, 6.45) is 1.91. The molecule has 3 aromatic heterocycles. The van der Waals surface area contributed by atoms with Gasteiger partial charge < -0.3 is 5.73 Å². The molecule has 106 valence electrons. The van der Waals surface area contributed by atoms with Crippen LogP contribution in [0.2, 0.25) is 0 Å². The van der Waals surface area contributed by atoms with E-state index in [1.807, 2.05) is 11.7 Å². The van der Waals surface area contributed by atoms with Crippen molar-refractivity contribution in [2.24, 2.45) is 7.05 Å². The quantitative estimate of drug-likeness (QED) is 0.803. The maximum absolute atomic E-state index is 6.11. The van der Waals surface area contributed by atoms with Gasteiger partial charge >= 0.3 is 0 Å². The lowest BCUT2D eigenvalue weighted by Crippen LogP contribution is -2.08. The number of thiophene rings is 1. The number of imidazole rings is 1. The summed E-state index contributed by atoms with van der Waals surface area (Å²) in [6, 6.07) is 2.19. The monoisotopic (exact) mass is 289 g/mol. The van der Waals surface area contributed by atoms with E-state index in [1.165, 1.54) is 10.4 Å². The second kappa shape index (κ2) is 4.94. The minimum absolute atomic E-state index is 0.568. The van der Waals surface area contributed by atoms with Crippen molar-refractivity contribution in [3.05, 3.63) is 27.6 Å². The first kappa shape index (κ1) is 13.2. The predicted octanol–water partition coefficient (Wildman–Crippen LogP) is 2.59. The maximum Gasteiger partial charge on any atom is 0.202 e. The Balaban J connectivity index is 2.12. The Kier molecular flexibility index (Phi) is 3.25. The second-order valence-electron chi connectivity index (χ2n) is 4.87. The SMILES string of the molecule is CCc1ccsc1Cn1c(N)nc2c(CC)nn(C)c21. The van der Waals surface area contributed by atoms with Crippen LogP contribution in [0.15, 0.2) is 11.4 Å². The minimum Gasteiger partial charge on any atom is -0.369 e. The van der Waals surface area contributed by atoms with Crippen LogP contribution in [0.3, 0.4) is 0 Å². The standard InChI is InChI=1S/C14H19N5S/c1-4-9-6-7-20-11(9)8-19-13-12(16-14(19)15)10(5-2)17-18(13)3/h6-7H,4-5,8H2,1-3H3,(H2,15,16). The van der Waals surface area contributed by atoms with Crippen LogP contribution in [0, 0.1) is 0 Å². The number of fused-ring (bicyclic) bond motifs is 1. The highest BCUT2D eigenvalue weighted by Gasteiger charge is 2.18. The van der Waals surface area contributed by atoms with Crippen molar-refractivity contribution in [1.29, 1.82) is 0 Å². The van der Waals surface area contributed by atoms with E-state index < -0.39 is 0 Å². The van der Waals surface area contributed by atoms with Crippen molar-refractivity contribution >= 4 is 28.4 Å². The van der Waals surface area contributed by atoms with Gasteiger partial charge in [-0.25, -0.2) is 4.98 Å². The summed E-state index contributed by atoms with van der Waals surface area (Å²) in [4.78, 5) is 5.85. The Morgan fingerprint density at radius 3 is 2.80 bits per heavy atom. The molecule has 0 unspecified atom stereocenters. The summed E-state index contributed by atoms with van der Waals surface area (Å²) in [7, 11) is 1.95. The molecule has 0 saturated heterocycles. The van der Waals surface area contributed by atoms with Crippen molar-refractivity contribution < 1.29 is 0 Å². The fourth-order valence-electron chi connectivity index (χ4n) is 2.62. The van der Waals surface area contributed by atoms with Crippen molar-refractivity contribution in [1.82, 2.24) is 19.3 Å². The number of hydrogen-bond donors (Lipinski definition) is 1. The number of rotatable bonds is 4. The van der Waals surface area contributed by atoms with Crippen LogP contribution in [-0.2, 0) is 26.4 Å². The summed E-state index contributed by atoms with van der Waals surface area (Å²) in [6.45, 7) is 5.04. The van der Waals surface area contributed by atoms with Gasteiger partial charge in [0, 0.05) is 11.9 Å². The molecule has 2 N–H and O–H groups in total. The van der Waals surface area contributed by atoms with E-state index in [-0.39, 0.29) is 0 Å². The molecule has 0 aromatic carbocycles. The number of nitrogen functional groups attached to an aromatic ring is 1. The van der Waals surface area contributed by atoms with E-state index in [2.05, 4.69) is 39.9 Å². The highest BCUT2D eigenvalue weighted by atomic mass is 32.1. The Labute approximate surface area is 122 Å². The van der Waals surface area contributed by atoms with Crippen LogP contribution >= 0.6 is 11.3 Å². The van der Waals surface area contributed by atoms with Crippen LogP contribution in [0.5, 0.6) is 0 Å². The molecule has 0 fully saturated rings. The lowest BCUT2D eigenvalue weighted by atomic mass is 10.2.